The maximum atomic E-state index is 12.0. The van der Waals surface area contributed by atoms with Crippen LogP contribution in [0.3, 0.4) is 0 Å². The van der Waals surface area contributed by atoms with Gasteiger partial charge in [-0.1, -0.05) is 38.3 Å². The number of benzene rings is 1. The highest BCUT2D eigenvalue weighted by Gasteiger charge is 2.32. The molecule has 0 radical (unpaired) electrons. The number of nitrogens with zero attached hydrogens (tertiary/aromatic N) is 1. The minimum absolute atomic E-state index is 0.216. The second-order valence-electron chi connectivity index (χ2n) is 6.14. The molecule has 1 aliphatic carbocycles. The summed E-state index contributed by atoms with van der Waals surface area (Å²) in [7, 11) is -3.41. The van der Waals surface area contributed by atoms with E-state index in [0.29, 0.717) is 22.8 Å². The van der Waals surface area contributed by atoms with Crippen LogP contribution in [0.2, 0.25) is 0 Å². The number of sulfonamides is 1. The molecule has 0 amide bonds. The summed E-state index contributed by atoms with van der Waals surface area (Å²) >= 11 is 0. The van der Waals surface area contributed by atoms with Crippen LogP contribution < -0.4 is 4.72 Å². The van der Waals surface area contributed by atoms with E-state index in [1.54, 1.807) is 12.1 Å². The molecular weight excluding hydrogens is 272 g/mol. The molecule has 0 bridgehead atoms. The van der Waals surface area contributed by atoms with Gasteiger partial charge in [0.1, 0.15) is 5.84 Å². The number of hydrogen-bond donors (Lipinski definition) is 1. The van der Waals surface area contributed by atoms with Crippen LogP contribution in [0.5, 0.6) is 0 Å². The lowest BCUT2D eigenvalue weighted by Crippen LogP contribution is -2.27. The number of fused-ring (bicyclic) bond motifs is 1. The van der Waals surface area contributed by atoms with E-state index in [1.807, 2.05) is 12.1 Å². The maximum absolute atomic E-state index is 12.0. The van der Waals surface area contributed by atoms with Crippen LogP contribution in [-0.2, 0) is 10.0 Å². The minimum atomic E-state index is -3.41. The molecule has 108 valence electrons. The van der Waals surface area contributed by atoms with Crippen molar-refractivity contribution < 1.29 is 8.42 Å². The number of amidine groups is 1. The van der Waals surface area contributed by atoms with E-state index in [2.05, 4.69) is 16.6 Å². The Morgan fingerprint density at radius 2 is 1.90 bits per heavy atom. The highest BCUT2D eigenvalue weighted by molar-refractivity contribution is 7.90. The molecule has 1 aromatic rings. The number of nitrogens with one attached hydrogen (secondary N) is 1. The molecule has 1 N–H and O–H groups in total. The Bertz CT molecular complexity index is 644. The average molecular weight is 292 g/mol. The molecule has 1 fully saturated rings. The number of aliphatic imine (C=N–C) groups is 1. The smallest absolute Gasteiger partial charge is 0.263 e. The maximum Gasteiger partial charge on any atom is 0.263 e. The Labute approximate surface area is 120 Å². The van der Waals surface area contributed by atoms with Gasteiger partial charge in [0.15, 0.2) is 0 Å². The first-order valence-corrected chi connectivity index (χ1v) is 8.65. The molecule has 4 nitrogen and oxygen atoms in total. The van der Waals surface area contributed by atoms with Gasteiger partial charge in [-0.05, 0) is 30.4 Å². The van der Waals surface area contributed by atoms with Crippen molar-refractivity contribution in [2.24, 2.45) is 10.4 Å². The fraction of sp³-hybridized carbons (Fsp3) is 0.533. The summed E-state index contributed by atoms with van der Waals surface area (Å²) in [5.41, 5.74) is 0.917. The molecule has 3 rings (SSSR count). The molecule has 0 atom stereocenters. The standard InChI is InChI=1S/C15H20N2O2S/c1-15(9-5-2-6-10-15)11-16-14-12-7-3-4-8-13(12)20(18,19)17-14/h3-4,7-8H,2,5-6,9-11H2,1H3,(H,16,17). The third-order valence-corrected chi connectivity index (χ3v) is 5.74. The van der Waals surface area contributed by atoms with Crippen molar-refractivity contribution in [3.05, 3.63) is 29.8 Å². The van der Waals surface area contributed by atoms with Gasteiger partial charge in [-0.2, -0.15) is 0 Å². The molecule has 1 aliphatic heterocycles. The normalized spacial score (nSPS) is 25.1. The Morgan fingerprint density at radius 1 is 1.20 bits per heavy atom. The van der Waals surface area contributed by atoms with Gasteiger partial charge in [0.05, 0.1) is 4.90 Å². The molecule has 0 spiro atoms. The van der Waals surface area contributed by atoms with Gasteiger partial charge in [-0.25, -0.2) is 8.42 Å². The first kappa shape index (κ1) is 13.6. The summed E-state index contributed by atoms with van der Waals surface area (Å²) in [6.07, 6.45) is 6.17. The molecule has 0 saturated heterocycles. The van der Waals surface area contributed by atoms with Crippen molar-refractivity contribution in [1.82, 2.24) is 4.72 Å². The van der Waals surface area contributed by atoms with Crippen LogP contribution in [0.15, 0.2) is 34.2 Å². The Balaban J connectivity index is 1.87. The second-order valence-corrected chi connectivity index (χ2v) is 7.79. The first-order chi connectivity index (χ1) is 9.50. The van der Waals surface area contributed by atoms with Gasteiger partial charge in [0, 0.05) is 12.1 Å². The fourth-order valence-electron chi connectivity index (χ4n) is 3.08. The minimum Gasteiger partial charge on any atom is -0.267 e. The van der Waals surface area contributed by atoms with Gasteiger partial charge in [-0.15, -0.1) is 0 Å². The number of hydrogen-bond acceptors (Lipinski definition) is 3. The van der Waals surface area contributed by atoms with Crippen LogP contribution in [0.4, 0.5) is 0 Å². The van der Waals surface area contributed by atoms with Crippen molar-refractivity contribution in [2.45, 2.75) is 43.9 Å². The van der Waals surface area contributed by atoms with E-state index in [-0.39, 0.29) is 5.41 Å². The predicted molar refractivity (Wildman–Crippen MR) is 79.4 cm³/mol. The SMILES string of the molecule is CC1(CN=C2NS(=O)(=O)c3ccccc32)CCCCC1. The topological polar surface area (TPSA) is 58.5 Å². The zero-order valence-electron chi connectivity index (χ0n) is 11.7. The lowest BCUT2D eigenvalue weighted by molar-refractivity contribution is 0.227. The zero-order chi connectivity index (χ0) is 14.2. The van der Waals surface area contributed by atoms with Crippen molar-refractivity contribution in [3.8, 4) is 0 Å². The lowest BCUT2D eigenvalue weighted by atomic mass is 9.76. The largest absolute Gasteiger partial charge is 0.267 e. The Kier molecular flexibility index (Phi) is 3.32. The summed E-state index contributed by atoms with van der Waals surface area (Å²) in [4.78, 5) is 4.92. The van der Waals surface area contributed by atoms with E-state index in [0.717, 1.165) is 0 Å². The molecule has 5 heteroatoms. The van der Waals surface area contributed by atoms with Gasteiger partial charge in [-0.3, -0.25) is 9.71 Å². The highest BCUT2D eigenvalue weighted by atomic mass is 32.2. The summed E-state index contributed by atoms with van der Waals surface area (Å²) in [6.45, 7) is 2.95. The molecule has 20 heavy (non-hydrogen) atoms. The summed E-state index contributed by atoms with van der Waals surface area (Å²) in [6, 6.07) is 7.03. The van der Waals surface area contributed by atoms with Gasteiger partial charge < -0.3 is 0 Å². The third kappa shape index (κ3) is 2.46. The zero-order valence-corrected chi connectivity index (χ0v) is 12.5. The van der Waals surface area contributed by atoms with Crippen LogP contribution in [-0.4, -0.2) is 20.8 Å². The molecule has 1 aromatic carbocycles. The molecule has 1 heterocycles. The van der Waals surface area contributed by atoms with Crippen LogP contribution in [0.1, 0.15) is 44.6 Å². The molecule has 2 aliphatic rings. The Hall–Kier alpha value is -1.36. The van der Waals surface area contributed by atoms with Crippen molar-refractivity contribution in [2.75, 3.05) is 6.54 Å². The van der Waals surface area contributed by atoms with Gasteiger partial charge in [0.25, 0.3) is 10.0 Å². The molecule has 0 aromatic heterocycles. The van der Waals surface area contributed by atoms with Crippen molar-refractivity contribution >= 4 is 15.9 Å². The second kappa shape index (κ2) is 4.88. The van der Waals surface area contributed by atoms with E-state index in [9.17, 15) is 8.42 Å². The van der Waals surface area contributed by atoms with Crippen molar-refractivity contribution in [1.29, 1.82) is 0 Å². The van der Waals surface area contributed by atoms with Crippen LogP contribution >= 0.6 is 0 Å². The van der Waals surface area contributed by atoms with Crippen LogP contribution in [0, 0.1) is 5.41 Å². The molecule has 1 saturated carbocycles. The Morgan fingerprint density at radius 3 is 2.65 bits per heavy atom. The third-order valence-electron chi connectivity index (χ3n) is 4.34. The molecule has 0 unspecified atom stereocenters. The van der Waals surface area contributed by atoms with Gasteiger partial charge in [0.2, 0.25) is 0 Å². The monoisotopic (exact) mass is 292 g/mol. The quantitative estimate of drug-likeness (QED) is 0.911. The lowest BCUT2D eigenvalue weighted by Gasteiger charge is -2.32. The van der Waals surface area contributed by atoms with E-state index < -0.39 is 10.0 Å². The highest BCUT2D eigenvalue weighted by Crippen LogP contribution is 2.36. The summed E-state index contributed by atoms with van der Waals surface area (Å²) < 4.78 is 26.6. The van der Waals surface area contributed by atoms with Crippen molar-refractivity contribution in [3.63, 3.8) is 0 Å². The molecular formula is C15H20N2O2S. The van der Waals surface area contributed by atoms with E-state index in [1.165, 1.54) is 32.1 Å². The van der Waals surface area contributed by atoms with Gasteiger partial charge >= 0.3 is 0 Å². The predicted octanol–water partition coefficient (Wildman–Crippen LogP) is 2.70. The van der Waals surface area contributed by atoms with E-state index >= 15 is 0 Å². The van der Waals surface area contributed by atoms with Crippen LogP contribution in [0.25, 0.3) is 0 Å². The summed E-state index contributed by atoms with van der Waals surface area (Å²) in [5, 5.41) is 0. The fourth-order valence-corrected chi connectivity index (χ4v) is 4.34. The first-order valence-electron chi connectivity index (χ1n) is 7.17. The summed E-state index contributed by atoms with van der Waals surface area (Å²) in [5.74, 6) is 0.507. The van der Waals surface area contributed by atoms with E-state index in [4.69, 9.17) is 0 Å². The number of rotatable bonds is 2. The average Bonchev–Trinajstić information content (AvgIpc) is 2.70.